The maximum atomic E-state index is 5.63. The molecule has 0 fully saturated rings. The molecule has 17 heavy (non-hydrogen) atoms. The van der Waals surface area contributed by atoms with Crippen molar-refractivity contribution in [1.82, 2.24) is 0 Å². The summed E-state index contributed by atoms with van der Waals surface area (Å²) in [5.41, 5.74) is 6.28. The van der Waals surface area contributed by atoms with Crippen molar-refractivity contribution < 1.29 is 4.74 Å². The molecule has 1 aromatic carbocycles. The molecule has 2 N–H and O–H groups in total. The van der Waals surface area contributed by atoms with Crippen LogP contribution in [0.5, 0.6) is 5.75 Å². The fraction of sp³-hybridized carbons (Fsp3) is 0.0909. The summed E-state index contributed by atoms with van der Waals surface area (Å²) in [6.07, 6.45) is 2.88. The zero-order valence-electron chi connectivity index (χ0n) is 8.82. The van der Waals surface area contributed by atoms with E-state index in [1.807, 2.05) is 0 Å². The lowest BCUT2D eigenvalue weighted by molar-refractivity contribution is 0.533. The highest BCUT2D eigenvalue weighted by atomic mass is 16.5. The average molecular weight is 227 g/mol. The van der Waals surface area contributed by atoms with Crippen LogP contribution in [0.4, 0.5) is 5.69 Å². The van der Waals surface area contributed by atoms with Gasteiger partial charge in [-0.1, -0.05) is 0 Å². The van der Waals surface area contributed by atoms with E-state index in [0.29, 0.717) is 23.2 Å². The van der Waals surface area contributed by atoms with E-state index in [9.17, 15) is 0 Å². The molecule has 0 saturated carbocycles. The summed E-state index contributed by atoms with van der Waals surface area (Å²) in [4.78, 5) is 16.2. The van der Waals surface area contributed by atoms with Crippen LogP contribution < -0.4 is 10.5 Å². The van der Waals surface area contributed by atoms with Crippen LogP contribution >= 0.6 is 0 Å². The first-order valence-electron chi connectivity index (χ1n) is 5.06. The molecule has 3 rings (SSSR count). The van der Waals surface area contributed by atoms with Crippen molar-refractivity contribution in [1.29, 1.82) is 0 Å². The molecule has 84 valence electrons. The molecule has 0 saturated heterocycles. The van der Waals surface area contributed by atoms with E-state index in [4.69, 9.17) is 10.5 Å². The summed E-state index contributed by atoms with van der Waals surface area (Å²) in [5, 5.41) is 0. The van der Waals surface area contributed by atoms with Gasteiger partial charge in [-0.15, -0.1) is 0 Å². The van der Waals surface area contributed by atoms with Gasteiger partial charge in [0.1, 0.15) is 18.4 Å². The quantitative estimate of drug-likeness (QED) is 0.722. The van der Waals surface area contributed by atoms with Crippen LogP contribution in [0.1, 0.15) is 0 Å². The van der Waals surface area contributed by atoms with Gasteiger partial charge in [0.05, 0.1) is 0 Å². The number of ether oxygens (including phenoxy) is 1. The van der Waals surface area contributed by atoms with E-state index in [2.05, 4.69) is 20.0 Å². The van der Waals surface area contributed by atoms with E-state index in [1.54, 1.807) is 24.3 Å². The van der Waals surface area contributed by atoms with E-state index in [1.165, 1.54) is 12.7 Å². The number of nitrogens with two attached hydrogens (primary N) is 1. The van der Waals surface area contributed by atoms with Gasteiger partial charge >= 0.3 is 0 Å². The highest BCUT2D eigenvalue weighted by molar-refractivity contribution is 6.18. The number of hydrogen-bond acceptors (Lipinski definition) is 6. The molecule has 0 radical (unpaired) electrons. The fourth-order valence-corrected chi connectivity index (χ4v) is 1.53. The molecule has 0 amide bonds. The Morgan fingerprint density at radius 1 is 1.06 bits per heavy atom. The average Bonchev–Trinajstić information content (AvgIpc) is 2.81. The van der Waals surface area contributed by atoms with Crippen LogP contribution in [-0.4, -0.2) is 30.5 Å². The van der Waals surface area contributed by atoms with Gasteiger partial charge in [0.15, 0.2) is 11.9 Å². The predicted molar refractivity (Wildman–Crippen MR) is 67.1 cm³/mol. The molecule has 0 spiro atoms. The van der Waals surface area contributed by atoms with Crippen LogP contribution in [0.3, 0.4) is 0 Å². The van der Waals surface area contributed by atoms with Gasteiger partial charge < -0.3 is 10.5 Å². The van der Waals surface area contributed by atoms with Gasteiger partial charge in [0.25, 0.3) is 0 Å². The number of nitrogen functional groups attached to an aromatic ring is 1. The second-order valence-electron chi connectivity index (χ2n) is 3.54. The number of nitrogens with zero attached hydrogens (tertiary/aromatic N) is 4. The molecule has 2 heterocycles. The molecule has 6 heteroatoms. The Kier molecular flexibility index (Phi) is 2.18. The lowest BCUT2D eigenvalue weighted by Crippen LogP contribution is -2.32. The standard InChI is InChI=1S/C11H9N5O/c12-7-1-3-8(4-2-7)17-11-9-10(14-5-13-9)15-6-16-11/h1-6,9H,12H2. The second-order valence-corrected chi connectivity index (χ2v) is 3.54. The number of rotatable bonds is 1. The molecule has 0 aliphatic carbocycles. The zero-order valence-corrected chi connectivity index (χ0v) is 8.82. The van der Waals surface area contributed by atoms with E-state index >= 15 is 0 Å². The van der Waals surface area contributed by atoms with Crippen molar-refractivity contribution in [3.63, 3.8) is 0 Å². The largest absolute Gasteiger partial charge is 0.440 e. The van der Waals surface area contributed by atoms with Crippen molar-refractivity contribution in [3.8, 4) is 5.75 Å². The third-order valence-corrected chi connectivity index (χ3v) is 2.36. The Hall–Kier alpha value is -2.50. The highest BCUT2D eigenvalue weighted by Gasteiger charge is 2.28. The van der Waals surface area contributed by atoms with E-state index < -0.39 is 0 Å². The molecule has 0 aromatic heterocycles. The lowest BCUT2D eigenvalue weighted by atomic mass is 10.2. The minimum atomic E-state index is -0.322. The summed E-state index contributed by atoms with van der Waals surface area (Å²) in [6.45, 7) is 0. The molecular formula is C11H9N5O. The molecular weight excluding hydrogens is 218 g/mol. The number of amidine groups is 1. The monoisotopic (exact) mass is 227 g/mol. The maximum absolute atomic E-state index is 5.63. The van der Waals surface area contributed by atoms with E-state index in [-0.39, 0.29) is 6.04 Å². The van der Waals surface area contributed by atoms with Gasteiger partial charge in [-0.05, 0) is 24.3 Å². The van der Waals surface area contributed by atoms with Gasteiger partial charge in [0, 0.05) is 5.69 Å². The minimum Gasteiger partial charge on any atom is -0.440 e. The number of fused-ring (bicyclic) bond motifs is 1. The maximum Gasteiger partial charge on any atom is 0.228 e. The number of aliphatic imine (C=N–C) groups is 4. The molecule has 0 bridgehead atoms. The third-order valence-electron chi connectivity index (χ3n) is 2.36. The first-order chi connectivity index (χ1) is 8.33. The van der Waals surface area contributed by atoms with E-state index in [0.717, 1.165) is 0 Å². The van der Waals surface area contributed by atoms with Gasteiger partial charge in [0.2, 0.25) is 5.90 Å². The Labute approximate surface area is 97.3 Å². The zero-order chi connectivity index (χ0) is 11.7. The molecule has 2 aliphatic heterocycles. The molecule has 2 aliphatic rings. The summed E-state index contributed by atoms with van der Waals surface area (Å²) in [5.74, 6) is 1.73. The highest BCUT2D eigenvalue weighted by Crippen LogP contribution is 2.17. The Morgan fingerprint density at radius 2 is 1.88 bits per heavy atom. The van der Waals surface area contributed by atoms with Crippen molar-refractivity contribution in [2.45, 2.75) is 6.04 Å². The number of hydrogen-bond donors (Lipinski definition) is 1. The van der Waals surface area contributed by atoms with Crippen LogP contribution in [0.15, 0.2) is 44.2 Å². The van der Waals surface area contributed by atoms with Gasteiger partial charge in [-0.2, -0.15) is 0 Å². The Balaban J connectivity index is 1.84. The summed E-state index contributed by atoms with van der Waals surface area (Å²) in [6, 6.07) is 6.76. The number of anilines is 1. The summed E-state index contributed by atoms with van der Waals surface area (Å²) >= 11 is 0. The first-order valence-corrected chi connectivity index (χ1v) is 5.06. The molecule has 1 atom stereocenters. The van der Waals surface area contributed by atoms with Crippen molar-refractivity contribution >= 4 is 30.1 Å². The molecule has 1 unspecified atom stereocenters. The fourth-order valence-electron chi connectivity index (χ4n) is 1.53. The predicted octanol–water partition coefficient (Wildman–Crippen LogP) is 0.897. The Morgan fingerprint density at radius 3 is 2.71 bits per heavy atom. The van der Waals surface area contributed by atoms with Crippen LogP contribution in [0.2, 0.25) is 0 Å². The summed E-state index contributed by atoms with van der Waals surface area (Å²) < 4.78 is 5.63. The van der Waals surface area contributed by atoms with Gasteiger partial charge in [-0.3, -0.25) is 4.99 Å². The second kappa shape index (κ2) is 3.82. The van der Waals surface area contributed by atoms with Crippen LogP contribution in [0.25, 0.3) is 0 Å². The minimum absolute atomic E-state index is 0.322. The number of benzene rings is 1. The normalized spacial score (nSPS) is 20.8. The van der Waals surface area contributed by atoms with Crippen LogP contribution in [-0.2, 0) is 0 Å². The summed E-state index contributed by atoms with van der Waals surface area (Å²) in [7, 11) is 0. The van der Waals surface area contributed by atoms with Crippen molar-refractivity contribution in [2.24, 2.45) is 20.0 Å². The van der Waals surface area contributed by atoms with Crippen molar-refractivity contribution in [2.75, 3.05) is 5.73 Å². The first kappa shape index (κ1) is 9.71. The molecule has 6 nitrogen and oxygen atoms in total. The Bertz CT molecular complexity index is 556. The smallest absolute Gasteiger partial charge is 0.228 e. The van der Waals surface area contributed by atoms with Gasteiger partial charge in [-0.25, -0.2) is 15.0 Å². The van der Waals surface area contributed by atoms with Crippen LogP contribution in [0, 0.1) is 0 Å². The molecule has 1 aromatic rings. The van der Waals surface area contributed by atoms with Crippen molar-refractivity contribution in [3.05, 3.63) is 24.3 Å². The lowest BCUT2D eigenvalue weighted by Gasteiger charge is -2.14. The SMILES string of the molecule is Nc1ccc(OC2=NC=NC3=NC=NC32)cc1. The topological polar surface area (TPSA) is 84.7 Å². The third kappa shape index (κ3) is 1.80.